The molecule has 13 amide bonds. The Morgan fingerprint density at radius 2 is 0.471 bits per heavy atom. The van der Waals surface area contributed by atoms with Gasteiger partial charge in [0.25, 0.3) is 0 Å². The monoisotopic (exact) mass is 1460 g/mol. The maximum atomic E-state index is 14.4. The molecule has 0 aliphatic heterocycles. The quantitative estimate of drug-likeness (QED) is 0.0240. The first kappa shape index (κ1) is 87.7. The normalized spacial score (nSPS) is 15.1. The number of aliphatic carboxylic acids is 1. The highest BCUT2D eigenvalue weighted by Gasteiger charge is 2.36. The first-order chi connectivity index (χ1) is 49.1. The Morgan fingerprint density at radius 1 is 0.279 bits per heavy atom. The minimum Gasteiger partial charge on any atom is -0.508 e. The van der Waals surface area contributed by atoms with E-state index in [1.54, 1.807) is 0 Å². The van der Waals surface area contributed by atoms with Crippen LogP contribution in [-0.4, -0.2) is 207 Å². The van der Waals surface area contributed by atoms with Crippen LogP contribution in [-0.2, 0) is 86.4 Å². The number of phenols is 3. The standard InChI is InChI=1S/C69H105N17O18/c1-36(73)56(90)74-37(2)57(91)77-41(6)61(95)81-51(16-10-13-31-71)64(98)86-55(35-46-22-28-49(89)29-23-46)68(102)82-50(15-9-12-30-70)63(97)79-40(5)60(94)76-38(3)58(92)75-39(4)59(93)78-42(7)62(96)84-54(34-45-20-26-48(88)27-21-45)67(101)83-52(17-11-14-32-72)65(99)85-53(66(100)80-43(8)69(103)104)33-44-18-24-47(87)25-19-44/h18-29,36-43,50-55,87-89H,9-17,30-35,70-73H2,1-8H3,(H,74,90)(H,75,92)(H,76,94)(H,77,91)(H,78,93)(H,79,97)(H,80,100)(H,81,95)(H,82,102)(H,83,101)(H,84,96)(H,85,99)(H,86,98)(H,103,104)/t36-,37-,38-,39-,40-,41-,42-,43-,50-,51-,52-,53-,54-,55-/m0/s1. The van der Waals surface area contributed by atoms with Crippen LogP contribution in [0, 0.1) is 0 Å². The van der Waals surface area contributed by atoms with Gasteiger partial charge in [-0.2, -0.15) is 0 Å². The number of nitrogens with one attached hydrogen (secondary N) is 13. The van der Waals surface area contributed by atoms with Gasteiger partial charge in [0.1, 0.15) is 95.8 Å². The van der Waals surface area contributed by atoms with Gasteiger partial charge in [-0.3, -0.25) is 67.1 Å². The smallest absolute Gasteiger partial charge is 0.325 e. The molecule has 25 N–H and O–H groups in total. The summed E-state index contributed by atoms with van der Waals surface area (Å²) in [6, 6.07) is -1.35. The summed E-state index contributed by atoms with van der Waals surface area (Å²) in [5.74, 6) is -12.5. The minimum absolute atomic E-state index is 0.0155. The number of unbranched alkanes of at least 4 members (excludes halogenated alkanes) is 3. The topological polar surface area (TPSA) is 580 Å². The van der Waals surface area contributed by atoms with Crippen molar-refractivity contribution in [3.63, 3.8) is 0 Å². The summed E-state index contributed by atoms with van der Waals surface area (Å²) >= 11 is 0. The fraction of sp³-hybridized carbons (Fsp3) is 0.536. The van der Waals surface area contributed by atoms with E-state index in [0.717, 1.165) is 0 Å². The maximum Gasteiger partial charge on any atom is 0.325 e. The zero-order valence-corrected chi connectivity index (χ0v) is 59.9. The van der Waals surface area contributed by atoms with E-state index in [1.165, 1.54) is 128 Å². The van der Waals surface area contributed by atoms with Gasteiger partial charge < -0.3 is 112 Å². The van der Waals surface area contributed by atoms with E-state index in [1.807, 2.05) is 0 Å². The van der Waals surface area contributed by atoms with Crippen molar-refractivity contribution in [2.45, 2.75) is 217 Å². The number of carbonyl (C=O) groups excluding carboxylic acids is 13. The Morgan fingerprint density at radius 3 is 0.731 bits per heavy atom. The summed E-state index contributed by atoms with van der Waals surface area (Å²) in [6.45, 7) is 11.2. The molecule has 0 fully saturated rings. The third-order valence-corrected chi connectivity index (χ3v) is 16.4. The number of nitrogens with two attached hydrogens (primary N) is 4. The molecule has 574 valence electrons. The molecule has 0 bridgehead atoms. The molecule has 0 unspecified atom stereocenters. The van der Waals surface area contributed by atoms with E-state index in [0.29, 0.717) is 55.2 Å². The van der Waals surface area contributed by atoms with Crippen LogP contribution in [0.3, 0.4) is 0 Å². The Bertz CT molecular complexity index is 3380. The summed E-state index contributed by atoms with van der Waals surface area (Å²) < 4.78 is 0. The van der Waals surface area contributed by atoms with Crippen molar-refractivity contribution in [2.24, 2.45) is 22.9 Å². The van der Waals surface area contributed by atoms with Gasteiger partial charge in [-0.05, 0) is 186 Å². The summed E-state index contributed by atoms with van der Waals surface area (Å²) in [7, 11) is 0. The summed E-state index contributed by atoms with van der Waals surface area (Å²) in [5.41, 5.74) is 24.2. The molecule has 3 aromatic rings. The summed E-state index contributed by atoms with van der Waals surface area (Å²) in [5, 5.41) is 72.3. The molecule has 14 atom stereocenters. The van der Waals surface area contributed by atoms with E-state index < -0.39 is 167 Å². The van der Waals surface area contributed by atoms with E-state index in [9.17, 15) is 87.5 Å². The first-order valence-corrected chi connectivity index (χ1v) is 34.4. The molecule has 35 nitrogen and oxygen atoms in total. The van der Waals surface area contributed by atoms with Gasteiger partial charge in [0.2, 0.25) is 76.8 Å². The lowest BCUT2D eigenvalue weighted by molar-refractivity contribution is -0.141. The molecular formula is C69H105N17O18. The molecule has 0 saturated carbocycles. The number of carboxylic acid groups (broad SMARTS) is 1. The van der Waals surface area contributed by atoms with Gasteiger partial charge in [-0.1, -0.05) is 36.4 Å². The second-order valence-electron chi connectivity index (χ2n) is 25.6. The number of phenolic OH excluding ortho intramolecular Hbond substituents is 3. The number of hydrogen-bond acceptors (Lipinski definition) is 21. The number of carbonyl (C=O) groups is 14. The molecule has 0 saturated heterocycles. The van der Waals surface area contributed by atoms with Crippen LogP contribution in [0.5, 0.6) is 17.2 Å². The van der Waals surface area contributed by atoms with Gasteiger partial charge in [-0.15, -0.1) is 0 Å². The molecule has 104 heavy (non-hydrogen) atoms. The molecular weight excluding hydrogens is 1350 g/mol. The fourth-order valence-corrected chi connectivity index (χ4v) is 9.98. The predicted molar refractivity (Wildman–Crippen MR) is 380 cm³/mol. The Kier molecular flexibility index (Phi) is 37.8. The van der Waals surface area contributed by atoms with Gasteiger partial charge >= 0.3 is 5.97 Å². The van der Waals surface area contributed by atoms with E-state index in [-0.39, 0.29) is 75.4 Å². The van der Waals surface area contributed by atoms with Crippen LogP contribution in [0.15, 0.2) is 72.8 Å². The maximum absolute atomic E-state index is 14.4. The highest BCUT2D eigenvalue weighted by atomic mass is 16.4. The molecule has 0 aliphatic carbocycles. The van der Waals surface area contributed by atoms with Crippen LogP contribution in [0.25, 0.3) is 0 Å². The van der Waals surface area contributed by atoms with Crippen LogP contribution in [0.1, 0.15) is 130 Å². The molecule has 0 aromatic heterocycles. The number of amides is 13. The zero-order chi connectivity index (χ0) is 77.9. The summed E-state index contributed by atoms with van der Waals surface area (Å²) in [4.78, 5) is 190. The van der Waals surface area contributed by atoms with Crippen molar-refractivity contribution >= 4 is 82.8 Å². The van der Waals surface area contributed by atoms with Gasteiger partial charge in [0.05, 0.1) is 6.04 Å². The van der Waals surface area contributed by atoms with Crippen LogP contribution >= 0.6 is 0 Å². The van der Waals surface area contributed by atoms with Crippen molar-refractivity contribution in [1.29, 1.82) is 0 Å². The molecule has 0 spiro atoms. The minimum atomic E-state index is -1.46. The Labute approximate surface area is 603 Å². The average Bonchev–Trinajstić information content (AvgIpc) is 0.862. The lowest BCUT2D eigenvalue weighted by Crippen LogP contribution is -2.60. The number of rotatable bonds is 45. The van der Waals surface area contributed by atoms with Gasteiger partial charge in [0.15, 0.2) is 0 Å². The molecule has 35 heteroatoms. The number of hydrogen-bond donors (Lipinski definition) is 21. The second-order valence-corrected chi connectivity index (χ2v) is 25.6. The Hall–Kier alpha value is -10.5. The zero-order valence-electron chi connectivity index (χ0n) is 59.9. The van der Waals surface area contributed by atoms with Crippen molar-refractivity contribution in [2.75, 3.05) is 19.6 Å². The molecule has 3 rings (SSSR count). The number of benzene rings is 3. The lowest BCUT2D eigenvalue weighted by atomic mass is 10.0. The molecule has 3 aromatic carbocycles. The lowest BCUT2D eigenvalue weighted by Gasteiger charge is -2.27. The largest absolute Gasteiger partial charge is 0.508 e. The van der Waals surface area contributed by atoms with Crippen molar-refractivity contribution < 1.29 is 87.5 Å². The van der Waals surface area contributed by atoms with Crippen molar-refractivity contribution in [1.82, 2.24) is 69.1 Å². The predicted octanol–water partition coefficient (Wildman–Crippen LogP) is -3.91. The average molecular weight is 1460 g/mol. The van der Waals surface area contributed by atoms with E-state index >= 15 is 0 Å². The highest BCUT2D eigenvalue weighted by molar-refractivity contribution is 6.00. The van der Waals surface area contributed by atoms with Crippen molar-refractivity contribution in [3.8, 4) is 17.2 Å². The molecule has 0 heterocycles. The van der Waals surface area contributed by atoms with Crippen LogP contribution < -0.4 is 92.1 Å². The van der Waals surface area contributed by atoms with Crippen LogP contribution in [0.2, 0.25) is 0 Å². The van der Waals surface area contributed by atoms with E-state index in [2.05, 4.69) is 69.1 Å². The van der Waals surface area contributed by atoms with E-state index in [4.69, 9.17) is 22.9 Å². The first-order valence-electron chi connectivity index (χ1n) is 34.4. The SMILES string of the molecule is C[C@H](N)C(=O)N[C@@H](C)C(=O)N[C@@H](C)C(=O)N[C@@H](CCCCN)C(=O)N[C@@H](Cc1ccc(O)cc1)C(=O)N[C@@H](CCCCN)C(=O)N[C@@H](C)C(=O)N[C@@H](C)C(=O)N[C@@H](C)C(=O)N[C@@H](C)C(=O)N[C@@H](Cc1ccc(O)cc1)C(=O)N[C@@H](CCCCN)C(=O)N[C@@H](Cc1ccc(O)cc1)C(=O)N[C@@H](C)C(=O)O. The molecule has 0 aliphatic rings. The Balaban J connectivity index is 1.76. The summed E-state index contributed by atoms with van der Waals surface area (Å²) in [6.07, 6.45) is 1.61. The third-order valence-electron chi connectivity index (χ3n) is 16.4. The third kappa shape index (κ3) is 31.4. The van der Waals surface area contributed by atoms with Crippen LogP contribution in [0.4, 0.5) is 0 Å². The molecule has 0 radical (unpaired) electrons. The highest BCUT2D eigenvalue weighted by Crippen LogP contribution is 2.17. The van der Waals surface area contributed by atoms with Gasteiger partial charge in [-0.25, -0.2) is 0 Å². The second kappa shape index (κ2) is 44.8. The van der Waals surface area contributed by atoms with Gasteiger partial charge in [0, 0.05) is 19.3 Å². The fourth-order valence-electron chi connectivity index (χ4n) is 9.98. The van der Waals surface area contributed by atoms with Crippen molar-refractivity contribution in [3.05, 3.63) is 89.5 Å². The number of carboxylic acids is 1. The number of aromatic hydroxyl groups is 3.